The Morgan fingerprint density at radius 2 is 1.88 bits per heavy atom. The van der Waals surface area contributed by atoms with Crippen molar-refractivity contribution >= 4 is 33.4 Å². The highest BCUT2D eigenvalue weighted by Crippen LogP contribution is 2.33. The van der Waals surface area contributed by atoms with Crippen molar-refractivity contribution in [2.45, 2.75) is 13.3 Å². The van der Waals surface area contributed by atoms with Crippen LogP contribution in [0.1, 0.15) is 16.1 Å². The Morgan fingerprint density at radius 1 is 1.06 bits per heavy atom. The molecule has 33 heavy (non-hydrogen) atoms. The minimum atomic E-state index is -0.0712. The molecule has 1 fully saturated rings. The number of rotatable bonds is 6. The van der Waals surface area contributed by atoms with Gasteiger partial charge in [-0.1, -0.05) is 33.6 Å². The summed E-state index contributed by atoms with van der Waals surface area (Å²) >= 11 is 9.55. The van der Waals surface area contributed by atoms with Crippen molar-refractivity contribution in [2.75, 3.05) is 33.0 Å². The van der Waals surface area contributed by atoms with Crippen LogP contribution in [0.5, 0.6) is 17.2 Å². The number of hydrogen-bond acceptors (Lipinski definition) is 6. The molecule has 8 nitrogen and oxygen atoms in total. The third-order valence-corrected chi connectivity index (χ3v) is 6.40. The molecule has 0 atom stereocenters. The number of amides is 1. The lowest BCUT2D eigenvalue weighted by atomic mass is 10.1. The maximum Gasteiger partial charge on any atom is 0.274 e. The van der Waals surface area contributed by atoms with Gasteiger partial charge < -0.3 is 19.1 Å². The first-order chi connectivity index (χ1) is 16.0. The average Bonchev–Trinajstić information content (AvgIpc) is 3.48. The van der Waals surface area contributed by atoms with Gasteiger partial charge in [0.2, 0.25) is 6.79 Å². The van der Waals surface area contributed by atoms with E-state index in [1.54, 1.807) is 29.1 Å². The van der Waals surface area contributed by atoms with Gasteiger partial charge in [-0.3, -0.25) is 9.69 Å². The summed E-state index contributed by atoms with van der Waals surface area (Å²) < 4.78 is 19.0. The topological polar surface area (TPSA) is 69.1 Å². The number of nitrogens with zero attached hydrogens (tertiary/aromatic N) is 4. The van der Waals surface area contributed by atoms with Gasteiger partial charge >= 0.3 is 0 Å². The van der Waals surface area contributed by atoms with Crippen LogP contribution in [0.15, 0.2) is 53.1 Å². The minimum Gasteiger partial charge on any atom is -0.470 e. The summed E-state index contributed by atoms with van der Waals surface area (Å²) in [4.78, 5) is 17.1. The zero-order valence-electron chi connectivity index (χ0n) is 17.7. The molecule has 172 valence electrons. The molecule has 0 N–H and O–H groups in total. The van der Waals surface area contributed by atoms with E-state index in [9.17, 15) is 4.79 Å². The van der Waals surface area contributed by atoms with Gasteiger partial charge in [-0.15, -0.1) is 0 Å². The standard InChI is InChI=1S/C23H22BrClN4O4/c24-17-2-4-20(18(25)12-17)31-14-29-6-5-19(26-29)23(30)28-9-7-27(8-10-28)13-16-1-3-21-22(11-16)33-15-32-21/h1-6,11-12H,7-10,13-15H2. The molecule has 1 amide bonds. The second-order valence-corrected chi connectivity index (χ2v) is 9.17. The lowest BCUT2D eigenvalue weighted by Crippen LogP contribution is -2.48. The van der Waals surface area contributed by atoms with E-state index in [1.165, 1.54) is 5.56 Å². The van der Waals surface area contributed by atoms with Crippen molar-refractivity contribution in [3.8, 4) is 17.2 Å². The number of aromatic nitrogens is 2. The van der Waals surface area contributed by atoms with Gasteiger partial charge in [-0.2, -0.15) is 5.10 Å². The quantitative estimate of drug-likeness (QED) is 0.477. The van der Waals surface area contributed by atoms with E-state index in [1.807, 2.05) is 23.1 Å². The number of hydrogen-bond donors (Lipinski definition) is 0. The van der Waals surface area contributed by atoms with Crippen molar-refractivity contribution < 1.29 is 19.0 Å². The monoisotopic (exact) mass is 532 g/mol. The molecule has 1 aromatic heterocycles. The van der Waals surface area contributed by atoms with Crippen LogP contribution in [-0.4, -0.2) is 58.5 Å². The Hall–Kier alpha value is -2.75. The highest BCUT2D eigenvalue weighted by Gasteiger charge is 2.24. The third-order valence-electron chi connectivity index (χ3n) is 5.61. The Morgan fingerprint density at radius 3 is 2.70 bits per heavy atom. The Bertz CT molecular complexity index is 1160. The van der Waals surface area contributed by atoms with E-state index in [2.05, 4.69) is 32.0 Å². The van der Waals surface area contributed by atoms with Gasteiger partial charge in [-0.25, -0.2) is 4.68 Å². The molecule has 10 heteroatoms. The van der Waals surface area contributed by atoms with Crippen molar-refractivity contribution in [1.82, 2.24) is 19.6 Å². The molecular weight excluding hydrogens is 512 g/mol. The number of ether oxygens (including phenoxy) is 3. The van der Waals surface area contributed by atoms with Crippen molar-refractivity contribution in [2.24, 2.45) is 0 Å². The van der Waals surface area contributed by atoms with E-state index in [-0.39, 0.29) is 19.4 Å². The molecule has 0 saturated carbocycles. The summed E-state index contributed by atoms with van der Waals surface area (Å²) in [6.07, 6.45) is 1.73. The smallest absolute Gasteiger partial charge is 0.274 e. The first kappa shape index (κ1) is 22.1. The Labute approximate surface area is 204 Å². The maximum atomic E-state index is 12.9. The second kappa shape index (κ2) is 9.62. The lowest BCUT2D eigenvalue weighted by Gasteiger charge is -2.34. The van der Waals surface area contributed by atoms with E-state index in [0.717, 1.165) is 35.6 Å². The zero-order valence-corrected chi connectivity index (χ0v) is 20.1. The van der Waals surface area contributed by atoms with Gasteiger partial charge in [-0.05, 0) is 42.0 Å². The lowest BCUT2D eigenvalue weighted by molar-refractivity contribution is 0.0621. The number of piperazine rings is 1. The molecule has 0 radical (unpaired) electrons. The molecule has 0 spiro atoms. The van der Waals surface area contributed by atoms with Crippen LogP contribution in [0.4, 0.5) is 0 Å². The van der Waals surface area contributed by atoms with Crippen LogP contribution in [-0.2, 0) is 13.3 Å². The molecule has 3 aromatic rings. The Balaban J connectivity index is 1.12. The fourth-order valence-electron chi connectivity index (χ4n) is 3.84. The summed E-state index contributed by atoms with van der Waals surface area (Å²) in [5.74, 6) is 2.07. The molecule has 0 bridgehead atoms. The summed E-state index contributed by atoms with van der Waals surface area (Å²) in [7, 11) is 0. The number of halogens is 2. The molecule has 0 aliphatic carbocycles. The normalized spacial score (nSPS) is 15.6. The van der Waals surface area contributed by atoms with Gasteiger partial charge in [0, 0.05) is 43.4 Å². The van der Waals surface area contributed by atoms with Crippen LogP contribution in [0.3, 0.4) is 0 Å². The van der Waals surface area contributed by atoms with Crippen LogP contribution >= 0.6 is 27.5 Å². The highest BCUT2D eigenvalue weighted by molar-refractivity contribution is 9.10. The molecule has 0 unspecified atom stereocenters. The van der Waals surface area contributed by atoms with Gasteiger partial charge in [0.1, 0.15) is 5.75 Å². The van der Waals surface area contributed by atoms with Crippen molar-refractivity contribution in [3.05, 3.63) is 69.4 Å². The van der Waals surface area contributed by atoms with Crippen LogP contribution < -0.4 is 14.2 Å². The van der Waals surface area contributed by atoms with Crippen LogP contribution in [0.2, 0.25) is 5.02 Å². The maximum absolute atomic E-state index is 12.9. The van der Waals surface area contributed by atoms with E-state index < -0.39 is 0 Å². The van der Waals surface area contributed by atoms with E-state index in [0.29, 0.717) is 29.6 Å². The predicted octanol–water partition coefficient (Wildman–Crippen LogP) is 4.02. The van der Waals surface area contributed by atoms with Crippen LogP contribution in [0.25, 0.3) is 0 Å². The fourth-order valence-corrected chi connectivity index (χ4v) is 4.57. The number of carbonyl (C=O) groups is 1. The van der Waals surface area contributed by atoms with Crippen molar-refractivity contribution in [3.63, 3.8) is 0 Å². The van der Waals surface area contributed by atoms with Gasteiger partial charge in [0.25, 0.3) is 5.91 Å². The average molecular weight is 534 g/mol. The summed E-state index contributed by atoms with van der Waals surface area (Å²) in [6, 6.07) is 13.1. The number of carbonyl (C=O) groups excluding carboxylic acids is 1. The first-order valence-corrected chi connectivity index (χ1v) is 11.7. The first-order valence-electron chi connectivity index (χ1n) is 10.6. The van der Waals surface area contributed by atoms with Gasteiger partial charge in [0.05, 0.1) is 5.02 Å². The highest BCUT2D eigenvalue weighted by atomic mass is 79.9. The van der Waals surface area contributed by atoms with Gasteiger partial charge in [0.15, 0.2) is 23.9 Å². The van der Waals surface area contributed by atoms with Crippen LogP contribution in [0, 0.1) is 0 Å². The zero-order chi connectivity index (χ0) is 22.8. The molecule has 2 aliphatic rings. The summed E-state index contributed by atoms with van der Waals surface area (Å²) in [5, 5.41) is 4.88. The molecule has 5 rings (SSSR count). The SMILES string of the molecule is O=C(c1ccn(COc2ccc(Br)cc2Cl)n1)N1CCN(Cc2ccc3c(c2)OCO3)CC1. The number of fused-ring (bicyclic) bond motifs is 1. The molecule has 1 saturated heterocycles. The predicted molar refractivity (Wildman–Crippen MR) is 126 cm³/mol. The largest absolute Gasteiger partial charge is 0.470 e. The molecule has 2 aromatic carbocycles. The number of benzene rings is 2. The summed E-state index contributed by atoms with van der Waals surface area (Å²) in [6.45, 7) is 4.15. The second-order valence-electron chi connectivity index (χ2n) is 7.84. The van der Waals surface area contributed by atoms with Crippen molar-refractivity contribution in [1.29, 1.82) is 0 Å². The summed E-state index contributed by atoms with van der Waals surface area (Å²) in [5.41, 5.74) is 1.58. The molecular formula is C23H22BrClN4O4. The van der Waals surface area contributed by atoms with E-state index >= 15 is 0 Å². The fraction of sp³-hybridized carbons (Fsp3) is 0.304. The third kappa shape index (κ3) is 5.10. The molecule has 3 heterocycles. The van der Waals surface area contributed by atoms with E-state index in [4.69, 9.17) is 25.8 Å². The molecule has 2 aliphatic heterocycles. The Kier molecular flexibility index (Phi) is 6.43. The minimum absolute atomic E-state index is 0.0712.